The molecule has 3 aromatic rings. The van der Waals surface area contributed by atoms with E-state index in [2.05, 4.69) is 24.5 Å². The van der Waals surface area contributed by atoms with E-state index in [4.69, 9.17) is 4.74 Å². The summed E-state index contributed by atoms with van der Waals surface area (Å²) >= 11 is 0. The maximum atomic E-state index is 12.9. The molecule has 0 saturated carbocycles. The van der Waals surface area contributed by atoms with Gasteiger partial charge in [0.05, 0.1) is 6.61 Å². The first-order valence-corrected chi connectivity index (χ1v) is 10.2. The molecule has 0 atom stereocenters. The van der Waals surface area contributed by atoms with Crippen LogP contribution in [0.1, 0.15) is 29.8 Å². The van der Waals surface area contributed by atoms with E-state index in [0.717, 1.165) is 5.56 Å². The number of ether oxygens (including phenoxy) is 1. The lowest BCUT2D eigenvalue weighted by molar-refractivity contribution is -0.113. The SMILES string of the molecule is CC(C)COc1ccc(C(=O)N/C(=C/c2ccccc2)C(=O)Nc2ccccc2)cc1. The Balaban J connectivity index is 1.77. The molecule has 158 valence electrons. The summed E-state index contributed by atoms with van der Waals surface area (Å²) in [6.45, 7) is 4.75. The Morgan fingerprint density at radius 1 is 0.871 bits per heavy atom. The number of benzene rings is 3. The van der Waals surface area contributed by atoms with Crippen LogP contribution in [-0.4, -0.2) is 18.4 Å². The van der Waals surface area contributed by atoms with Crippen LogP contribution in [0.3, 0.4) is 0 Å². The van der Waals surface area contributed by atoms with E-state index in [9.17, 15) is 9.59 Å². The molecule has 3 rings (SSSR count). The van der Waals surface area contributed by atoms with E-state index >= 15 is 0 Å². The highest BCUT2D eigenvalue weighted by molar-refractivity contribution is 6.10. The minimum atomic E-state index is -0.403. The van der Waals surface area contributed by atoms with E-state index in [1.54, 1.807) is 42.5 Å². The molecule has 0 heterocycles. The molecule has 0 aliphatic rings. The fraction of sp³-hybridized carbons (Fsp3) is 0.154. The van der Waals surface area contributed by atoms with Gasteiger partial charge in [-0.1, -0.05) is 62.4 Å². The van der Waals surface area contributed by atoms with Gasteiger partial charge >= 0.3 is 0 Å². The molecule has 5 heteroatoms. The molecule has 0 radical (unpaired) electrons. The summed E-state index contributed by atoms with van der Waals surface area (Å²) in [4.78, 5) is 25.7. The van der Waals surface area contributed by atoms with Crippen LogP contribution < -0.4 is 15.4 Å². The normalized spacial score (nSPS) is 11.1. The first kappa shape index (κ1) is 21.8. The zero-order valence-electron chi connectivity index (χ0n) is 17.7. The number of carbonyl (C=O) groups excluding carboxylic acids is 2. The quantitative estimate of drug-likeness (QED) is 0.502. The van der Waals surface area contributed by atoms with Crippen LogP contribution in [0.4, 0.5) is 5.69 Å². The van der Waals surface area contributed by atoms with Crippen LogP contribution in [-0.2, 0) is 4.79 Å². The Bertz CT molecular complexity index is 1030. The molecule has 0 unspecified atom stereocenters. The van der Waals surface area contributed by atoms with Gasteiger partial charge in [0.1, 0.15) is 11.4 Å². The van der Waals surface area contributed by atoms with Gasteiger partial charge in [-0.2, -0.15) is 0 Å². The number of para-hydroxylation sites is 1. The monoisotopic (exact) mass is 414 g/mol. The van der Waals surface area contributed by atoms with Crippen molar-refractivity contribution in [2.24, 2.45) is 5.92 Å². The largest absolute Gasteiger partial charge is 0.493 e. The molecule has 0 aliphatic carbocycles. The van der Waals surface area contributed by atoms with Gasteiger partial charge in [0.2, 0.25) is 0 Å². The standard InChI is InChI=1S/C26H26N2O3/c1-19(2)18-31-23-15-13-21(14-16-23)25(29)28-24(17-20-9-5-3-6-10-20)26(30)27-22-11-7-4-8-12-22/h3-17,19H,18H2,1-2H3,(H,27,30)(H,28,29)/b24-17+. The molecule has 3 aromatic carbocycles. The summed E-state index contributed by atoms with van der Waals surface area (Å²) in [7, 11) is 0. The number of carbonyl (C=O) groups is 2. The highest BCUT2D eigenvalue weighted by Gasteiger charge is 2.15. The predicted octanol–water partition coefficient (Wildman–Crippen LogP) is 5.13. The Kier molecular flexibility index (Phi) is 7.60. The lowest BCUT2D eigenvalue weighted by Crippen LogP contribution is -2.30. The van der Waals surface area contributed by atoms with Crippen molar-refractivity contribution < 1.29 is 14.3 Å². The molecule has 0 spiro atoms. The Hall–Kier alpha value is -3.86. The van der Waals surface area contributed by atoms with Crippen LogP contribution in [0.2, 0.25) is 0 Å². The highest BCUT2D eigenvalue weighted by Crippen LogP contribution is 2.15. The van der Waals surface area contributed by atoms with Crippen LogP contribution in [0.25, 0.3) is 6.08 Å². The van der Waals surface area contributed by atoms with Gasteiger partial charge in [-0.05, 0) is 54.0 Å². The number of hydrogen-bond donors (Lipinski definition) is 2. The van der Waals surface area contributed by atoms with Crippen molar-refractivity contribution in [3.63, 3.8) is 0 Å². The second kappa shape index (κ2) is 10.8. The third kappa shape index (κ3) is 6.85. The van der Waals surface area contributed by atoms with Gasteiger partial charge in [0, 0.05) is 11.3 Å². The number of hydrogen-bond acceptors (Lipinski definition) is 3. The van der Waals surface area contributed by atoms with Crippen molar-refractivity contribution in [3.05, 3.63) is 102 Å². The van der Waals surface area contributed by atoms with E-state index in [1.807, 2.05) is 48.5 Å². The average molecular weight is 415 g/mol. The highest BCUT2D eigenvalue weighted by atomic mass is 16.5. The first-order valence-electron chi connectivity index (χ1n) is 10.2. The smallest absolute Gasteiger partial charge is 0.272 e. The Morgan fingerprint density at radius 2 is 1.48 bits per heavy atom. The van der Waals surface area contributed by atoms with E-state index in [0.29, 0.717) is 29.5 Å². The first-order chi connectivity index (χ1) is 15.0. The van der Waals surface area contributed by atoms with Gasteiger partial charge in [0.15, 0.2) is 0 Å². The van der Waals surface area contributed by atoms with Gasteiger partial charge in [-0.3, -0.25) is 9.59 Å². The zero-order chi connectivity index (χ0) is 22.1. The van der Waals surface area contributed by atoms with Gasteiger partial charge < -0.3 is 15.4 Å². The van der Waals surface area contributed by atoms with Gasteiger partial charge in [0.25, 0.3) is 11.8 Å². The van der Waals surface area contributed by atoms with Crippen molar-refractivity contribution in [1.82, 2.24) is 5.32 Å². The lowest BCUT2D eigenvalue weighted by Gasteiger charge is -2.12. The van der Waals surface area contributed by atoms with Gasteiger partial charge in [-0.15, -0.1) is 0 Å². The predicted molar refractivity (Wildman–Crippen MR) is 124 cm³/mol. The maximum absolute atomic E-state index is 12.9. The molecule has 5 nitrogen and oxygen atoms in total. The number of rotatable bonds is 8. The minimum absolute atomic E-state index is 0.153. The third-order valence-electron chi connectivity index (χ3n) is 4.33. The summed E-state index contributed by atoms with van der Waals surface area (Å²) in [6.07, 6.45) is 1.65. The lowest BCUT2D eigenvalue weighted by atomic mass is 10.1. The molecule has 2 N–H and O–H groups in total. The Labute approximate surface area is 182 Å². The summed E-state index contributed by atoms with van der Waals surface area (Å²) in [6, 6.07) is 25.3. The average Bonchev–Trinajstić information content (AvgIpc) is 2.79. The van der Waals surface area contributed by atoms with Crippen LogP contribution in [0.15, 0.2) is 90.6 Å². The molecular formula is C26H26N2O3. The summed E-state index contributed by atoms with van der Waals surface area (Å²) in [5.74, 6) is 0.338. The third-order valence-corrected chi connectivity index (χ3v) is 4.33. The summed E-state index contributed by atoms with van der Waals surface area (Å²) in [5.41, 5.74) is 2.04. The second-order valence-corrected chi connectivity index (χ2v) is 7.47. The van der Waals surface area contributed by atoms with Crippen molar-refractivity contribution in [2.75, 3.05) is 11.9 Å². The molecule has 0 fully saturated rings. The second-order valence-electron chi connectivity index (χ2n) is 7.47. The molecule has 0 bridgehead atoms. The fourth-order valence-corrected chi connectivity index (χ4v) is 2.75. The molecule has 0 saturated heterocycles. The molecule has 0 aliphatic heterocycles. The van der Waals surface area contributed by atoms with Gasteiger partial charge in [-0.25, -0.2) is 0 Å². The topological polar surface area (TPSA) is 67.4 Å². The summed E-state index contributed by atoms with van der Waals surface area (Å²) < 4.78 is 5.66. The van der Waals surface area contributed by atoms with Crippen molar-refractivity contribution in [2.45, 2.75) is 13.8 Å². The van der Waals surface area contributed by atoms with Crippen LogP contribution in [0.5, 0.6) is 5.75 Å². The molecule has 2 amide bonds. The minimum Gasteiger partial charge on any atom is -0.493 e. The number of nitrogens with one attached hydrogen (secondary N) is 2. The van der Waals surface area contributed by atoms with Crippen molar-refractivity contribution >= 4 is 23.6 Å². The molecule has 0 aromatic heterocycles. The van der Waals surface area contributed by atoms with Crippen LogP contribution >= 0.6 is 0 Å². The summed E-state index contributed by atoms with van der Waals surface area (Å²) in [5, 5.41) is 5.55. The van der Waals surface area contributed by atoms with E-state index in [1.165, 1.54) is 0 Å². The van der Waals surface area contributed by atoms with Crippen molar-refractivity contribution in [3.8, 4) is 5.75 Å². The van der Waals surface area contributed by atoms with Crippen LogP contribution in [0, 0.1) is 5.92 Å². The van der Waals surface area contributed by atoms with E-state index < -0.39 is 5.91 Å². The van der Waals surface area contributed by atoms with Crippen molar-refractivity contribution in [1.29, 1.82) is 0 Å². The number of amides is 2. The van der Waals surface area contributed by atoms with E-state index in [-0.39, 0.29) is 11.6 Å². The molecular weight excluding hydrogens is 388 g/mol. The zero-order valence-corrected chi connectivity index (χ0v) is 17.7. The fourth-order valence-electron chi connectivity index (χ4n) is 2.75. The molecule has 31 heavy (non-hydrogen) atoms. The number of anilines is 1. The Morgan fingerprint density at radius 3 is 2.10 bits per heavy atom. The maximum Gasteiger partial charge on any atom is 0.272 e.